The molecule has 2 saturated heterocycles. The van der Waals surface area contributed by atoms with E-state index in [1.807, 2.05) is 0 Å². The molecule has 0 saturated carbocycles. The second-order valence-electron chi connectivity index (χ2n) is 5.23. The zero-order chi connectivity index (χ0) is 10.8. The van der Waals surface area contributed by atoms with Crippen LogP contribution in [0.15, 0.2) is 0 Å². The number of nitrogens with one attached hydrogen (secondary N) is 1. The third-order valence-electron chi connectivity index (χ3n) is 4.22. The molecule has 0 aromatic carbocycles. The highest BCUT2D eigenvalue weighted by molar-refractivity contribution is 4.93. The smallest absolute Gasteiger partial charge is 0.0239 e. The molecule has 2 heterocycles. The van der Waals surface area contributed by atoms with Gasteiger partial charge >= 0.3 is 0 Å². The first-order chi connectivity index (χ1) is 7.22. The first-order valence-electron chi connectivity index (χ1n) is 6.34. The van der Waals surface area contributed by atoms with Crippen molar-refractivity contribution in [2.75, 3.05) is 40.3 Å². The molecule has 2 fully saturated rings. The van der Waals surface area contributed by atoms with Crippen LogP contribution in [0.4, 0.5) is 0 Å². The van der Waals surface area contributed by atoms with Crippen LogP contribution < -0.4 is 5.32 Å². The maximum absolute atomic E-state index is 3.73. The van der Waals surface area contributed by atoms with E-state index in [0.717, 1.165) is 24.5 Å². The fourth-order valence-corrected chi connectivity index (χ4v) is 3.34. The maximum Gasteiger partial charge on any atom is 0.0239 e. The van der Waals surface area contributed by atoms with Crippen molar-refractivity contribution >= 4 is 0 Å². The SMILES string of the molecule is CC[C@@H]1[C@H]2CCN(C)CC2NCCN1C. The minimum atomic E-state index is 0.721. The summed E-state index contributed by atoms with van der Waals surface area (Å²) in [6.07, 6.45) is 2.65. The third-order valence-corrected chi connectivity index (χ3v) is 4.22. The Bertz CT molecular complexity index is 207. The molecule has 0 radical (unpaired) electrons. The summed E-state index contributed by atoms with van der Waals surface area (Å²) in [5.41, 5.74) is 0. The molecular weight excluding hydrogens is 186 g/mol. The fraction of sp³-hybridized carbons (Fsp3) is 1.00. The zero-order valence-corrected chi connectivity index (χ0v) is 10.4. The molecule has 0 aromatic heterocycles. The van der Waals surface area contributed by atoms with Crippen molar-refractivity contribution in [3.8, 4) is 0 Å². The summed E-state index contributed by atoms with van der Waals surface area (Å²) in [4.78, 5) is 5.02. The van der Waals surface area contributed by atoms with E-state index in [0.29, 0.717) is 0 Å². The Morgan fingerprint density at radius 3 is 2.80 bits per heavy atom. The molecule has 2 aliphatic rings. The average Bonchev–Trinajstić information content (AvgIpc) is 2.36. The monoisotopic (exact) mass is 211 g/mol. The molecule has 15 heavy (non-hydrogen) atoms. The van der Waals surface area contributed by atoms with Gasteiger partial charge in [-0.3, -0.25) is 0 Å². The summed E-state index contributed by atoms with van der Waals surface area (Å²) in [5.74, 6) is 0.860. The van der Waals surface area contributed by atoms with Crippen molar-refractivity contribution < 1.29 is 0 Å². The highest BCUT2D eigenvalue weighted by Gasteiger charge is 2.36. The van der Waals surface area contributed by atoms with Crippen molar-refractivity contribution in [2.45, 2.75) is 31.8 Å². The molecule has 3 nitrogen and oxygen atoms in total. The van der Waals surface area contributed by atoms with E-state index >= 15 is 0 Å². The predicted octanol–water partition coefficient (Wildman–Crippen LogP) is 0.620. The van der Waals surface area contributed by atoms with Gasteiger partial charge in [0.2, 0.25) is 0 Å². The summed E-state index contributed by atoms with van der Waals surface area (Å²) in [6, 6.07) is 1.51. The fourth-order valence-electron chi connectivity index (χ4n) is 3.34. The minimum Gasteiger partial charge on any atom is -0.311 e. The molecule has 0 amide bonds. The van der Waals surface area contributed by atoms with Crippen molar-refractivity contribution in [2.24, 2.45) is 5.92 Å². The lowest BCUT2D eigenvalue weighted by Crippen LogP contribution is -2.53. The Kier molecular flexibility index (Phi) is 3.65. The van der Waals surface area contributed by atoms with Gasteiger partial charge in [-0.1, -0.05) is 6.92 Å². The molecule has 88 valence electrons. The molecule has 3 heteroatoms. The summed E-state index contributed by atoms with van der Waals surface area (Å²) in [7, 11) is 4.53. The number of fused-ring (bicyclic) bond motifs is 1. The van der Waals surface area contributed by atoms with Crippen LogP contribution >= 0.6 is 0 Å². The first-order valence-corrected chi connectivity index (χ1v) is 6.34. The van der Waals surface area contributed by atoms with Crippen LogP contribution in [0.5, 0.6) is 0 Å². The van der Waals surface area contributed by atoms with Gasteiger partial charge in [-0.15, -0.1) is 0 Å². The van der Waals surface area contributed by atoms with Crippen molar-refractivity contribution in [1.29, 1.82) is 0 Å². The standard InChI is InChI=1S/C12H25N3/c1-4-12-10-5-7-14(2)9-11(10)13-6-8-15(12)3/h10-13H,4-9H2,1-3H3/t10-,11?,12+/m0/s1. The van der Waals surface area contributed by atoms with Crippen LogP contribution in [-0.4, -0.2) is 62.2 Å². The number of hydrogen-bond donors (Lipinski definition) is 1. The Hall–Kier alpha value is -0.120. The number of likely N-dealkylation sites (tertiary alicyclic amines) is 1. The van der Waals surface area contributed by atoms with Gasteiger partial charge in [0.05, 0.1) is 0 Å². The molecule has 0 aromatic rings. The lowest BCUT2D eigenvalue weighted by molar-refractivity contribution is 0.106. The molecule has 1 N–H and O–H groups in total. The van der Waals surface area contributed by atoms with Crippen LogP contribution in [0.1, 0.15) is 19.8 Å². The van der Waals surface area contributed by atoms with Crippen molar-refractivity contribution in [3.63, 3.8) is 0 Å². The first kappa shape index (κ1) is 11.4. The number of nitrogens with zero attached hydrogens (tertiary/aromatic N) is 2. The lowest BCUT2D eigenvalue weighted by atomic mass is 9.84. The summed E-state index contributed by atoms with van der Waals surface area (Å²) >= 11 is 0. The van der Waals surface area contributed by atoms with Crippen molar-refractivity contribution in [3.05, 3.63) is 0 Å². The Morgan fingerprint density at radius 1 is 1.27 bits per heavy atom. The maximum atomic E-state index is 3.73. The largest absolute Gasteiger partial charge is 0.311 e. The number of rotatable bonds is 1. The Balaban J connectivity index is 2.09. The lowest BCUT2D eigenvalue weighted by Gasteiger charge is -2.41. The second kappa shape index (κ2) is 4.81. The summed E-state index contributed by atoms with van der Waals surface area (Å²) < 4.78 is 0. The minimum absolute atomic E-state index is 0.721. The van der Waals surface area contributed by atoms with E-state index in [1.54, 1.807) is 0 Å². The van der Waals surface area contributed by atoms with Gasteiger partial charge in [0, 0.05) is 31.7 Å². The van der Waals surface area contributed by atoms with Gasteiger partial charge in [0.25, 0.3) is 0 Å². The molecule has 2 aliphatic heterocycles. The molecule has 3 atom stereocenters. The van der Waals surface area contributed by atoms with E-state index in [4.69, 9.17) is 0 Å². The van der Waals surface area contributed by atoms with Crippen LogP contribution in [0.2, 0.25) is 0 Å². The predicted molar refractivity (Wildman–Crippen MR) is 64.1 cm³/mol. The third kappa shape index (κ3) is 2.35. The van der Waals surface area contributed by atoms with Gasteiger partial charge in [0.15, 0.2) is 0 Å². The van der Waals surface area contributed by atoms with Crippen LogP contribution in [-0.2, 0) is 0 Å². The van der Waals surface area contributed by atoms with Gasteiger partial charge in [-0.25, -0.2) is 0 Å². The molecule has 0 aliphatic carbocycles. The number of hydrogen-bond acceptors (Lipinski definition) is 3. The van der Waals surface area contributed by atoms with E-state index in [-0.39, 0.29) is 0 Å². The Labute approximate surface area is 93.8 Å². The van der Waals surface area contributed by atoms with Gasteiger partial charge in [0.1, 0.15) is 0 Å². The van der Waals surface area contributed by atoms with Crippen LogP contribution in [0.25, 0.3) is 0 Å². The molecule has 0 bridgehead atoms. The van der Waals surface area contributed by atoms with E-state index < -0.39 is 0 Å². The van der Waals surface area contributed by atoms with E-state index in [9.17, 15) is 0 Å². The highest BCUT2D eigenvalue weighted by Crippen LogP contribution is 2.26. The van der Waals surface area contributed by atoms with Gasteiger partial charge in [-0.2, -0.15) is 0 Å². The molecular formula is C12H25N3. The van der Waals surface area contributed by atoms with Gasteiger partial charge < -0.3 is 15.1 Å². The Morgan fingerprint density at radius 2 is 2.07 bits per heavy atom. The number of likely N-dealkylation sites (N-methyl/N-ethyl adjacent to an activating group) is 2. The molecule has 0 spiro atoms. The molecule has 1 unspecified atom stereocenters. The van der Waals surface area contributed by atoms with Crippen LogP contribution in [0.3, 0.4) is 0 Å². The zero-order valence-electron chi connectivity index (χ0n) is 10.4. The molecule has 2 rings (SSSR count). The van der Waals surface area contributed by atoms with E-state index in [1.165, 1.54) is 32.5 Å². The van der Waals surface area contributed by atoms with Gasteiger partial charge in [-0.05, 0) is 39.4 Å². The average molecular weight is 211 g/mol. The highest BCUT2D eigenvalue weighted by atomic mass is 15.2. The number of piperidine rings is 1. The quantitative estimate of drug-likeness (QED) is 0.686. The second-order valence-corrected chi connectivity index (χ2v) is 5.23. The van der Waals surface area contributed by atoms with Crippen molar-refractivity contribution in [1.82, 2.24) is 15.1 Å². The summed E-state index contributed by atoms with van der Waals surface area (Å²) in [6.45, 7) is 7.20. The topological polar surface area (TPSA) is 18.5 Å². The van der Waals surface area contributed by atoms with E-state index in [2.05, 4.69) is 36.1 Å². The van der Waals surface area contributed by atoms with Crippen LogP contribution in [0, 0.1) is 5.92 Å². The normalized spacial score (nSPS) is 39.8. The summed E-state index contributed by atoms with van der Waals surface area (Å²) in [5, 5.41) is 3.73.